The van der Waals surface area contributed by atoms with Gasteiger partial charge in [-0.1, -0.05) is 5.16 Å². The Hall–Kier alpha value is -2.41. The fraction of sp³-hybridized carbons (Fsp3) is 0.214. The van der Waals surface area contributed by atoms with Crippen molar-refractivity contribution < 1.29 is 9.63 Å². The first kappa shape index (κ1) is 13.6. The summed E-state index contributed by atoms with van der Waals surface area (Å²) in [6.07, 6.45) is 0. The molecule has 1 aromatic carbocycles. The highest BCUT2D eigenvalue weighted by molar-refractivity contribution is 7.10. The number of aromatic nitrogens is 3. The maximum atomic E-state index is 9.82. The Labute approximate surface area is 125 Å². The van der Waals surface area contributed by atoms with Gasteiger partial charge in [-0.25, -0.2) is 0 Å². The fourth-order valence-corrected chi connectivity index (χ4v) is 2.83. The number of phenols is 1. The lowest BCUT2D eigenvalue weighted by Gasteiger charge is -2.04. The predicted molar refractivity (Wildman–Crippen MR) is 81.1 cm³/mol. The van der Waals surface area contributed by atoms with Crippen LogP contribution in [0.1, 0.15) is 16.8 Å². The standard InChI is InChI=1S/C14H14N4O2S/c1-6-4-9(5-7(2)11(6)19)13-16-14(20-17-13)10-8(3)18-21-12(10)15/h4-5,19H,15H2,1-3H3. The summed E-state index contributed by atoms with van der Waals surface area (Å²) in [5.41, 5.74) is 9.66. The normalized spacial score (nSPS) is 11.0. The van der Waals surface area contributed by atoms with Gasteiger partial charge in [0.15, 0.2) is 0 Å². The van der Waals surface area contributed by atoms with Crippen LogP contribution in [0.25, 0.3) is 22.8 Å². The zero-order valence-electron chi connectivity index (χ0n) is 11.8. The van der Waals surface area contributed by atoms with E-state index in [2.05, 4.69) is 14.5 Å². The van der Waals surface area contributed by atoms with Crippen LogP contribution in [0.4, 0.5) is 5.00 Å². The van der Waals surface area contributed by atoms with E-state index >= 15 is 0 Å². The molecule has 2 heterocycles. The summed E-state index contributed by atoms with van der Waals surface area (Å²) in [6, 6.07) is 3.64. The Bertz CT molecular complexity index is 780. The SMILES string of the molecule is Cc1cc(-c2noc(-c3c(C)nsc3N)n2)cc(C)c1O. The number of hydrogen-bond acceptors (Lipinski definition) is 7. The molecule has 108 valence electrons. The van der Waals surface area contributed by atoms with Crippen LogP contribution < -0.4 is 5.73 Å². The van der Waals surface area contributed by atoms with Gasteiger partial charge in [0.25, 0.3) is 5.89 Å². The summed E-state index contributed by atoms with van der Waals surface area (Å²) in [5.74, 6) is 1.10. The summed E-state index contributed by atoms with van der Waals surface area (Å²) in [4.78, 5) is 4.38. The van der Waals surface area contributed by atoms with Crippen LogP contribution in [-0.4, -0.2) is 19.6 Å². The maximum Gasteiger partial charge on any atom is 0.263 e. The van der Waals surface area contributed by atoms with Crippen LogP contribution in [0.3, 0.4) is 0 Å². The van der Waals surface area contributed by atoms with Gasteiger partial charge in [-0.3, -0.25) is 0 Å². The van der Waals surface area contributed by atoms with Gasteiger partial charge in [-0.15, -0.1) is 0 Å². The number of nitrogens with zero attached hydrogens (tertiary/aromatic N) is 3. The highest BCUT2D eigenvalue weighted by atomic mass is 32.1. The van der Waals surface area contributed by atoms with E-state index in [-0.39, 0.29) is 5.75 Å². The lowest BCUT2D eigenvalue weighted by molar-refractivity contribution is 0.432. The van der Waals surface area contributed by atoms with Gasteiger partial charge >= 0.3 is 0 Å². The molecule has 0 atom stereocenters. The van der Waals surface area contributed by atoms with E-state index in [1.54, 1.807) is 0 Å². The van der Waals surface area contributed by atoms with Crippen molar-refractivity contribution in [2.75, 3.05) is 5.73 Å². The molecule has 0 fully saturated rings. The lowest BCUT2D eigenvalue weighted by Crippen LogP contribution is -1.88. The molecule has 6 nitrogen and oxygen atoms in total. The molecule has 0 aliphatic rings. The van der Waals surface area contributed by atoms with Gasteiger partial charge < -0.3 is 15.4 Å². The second-order valence-corrected chi connectivity index (χ2v) is 5.69. The van der Waals surface area contributed by atoms with Gasteiger partial charge in [-0.05, 0) is 55.6 Å². The van der Waals surface area contributed by atoms with E-state index in [4.69, 9.17) is 10.3 Å². The molecule has 0 unspecified atom stereocenters. The number of aryl methyl sites for hydroxylation is 3. The minimum absolute atomic E-state index is 0.282. The lowest BCUT2D eigenvalue weighted by atomic mass is 10.1. The number of hydrogen-bond donors (Lipinski definition) is 2. The van der Waals surface area contributed by atoms with Crippen LogP contribution in [0, 0.1) is 20.8 Å². The molecule has 0 bridgehead atoms. The summed E-state index contributed by atoms with van der Waals surface area (Å²) < 4.78 is 9.47. The Morgan fingerprint density at radius 2 is 1.86 bits per heavy atom. The van der Waals surface area contributed by atoms with E-state index < -0.39 is 0 Å². The summed E-state index contributed by atoms with van der Waals surface area (Å²) >= 11 is 1.20. The first-order chi connectivity index (χ1) is 9.97. The van der Waals surface area contributed by atoms with E-state index in [1.165, 1.54) is 11.5 Å². The minimum Gasteiger partial charge on any atom is -0.507 e. The quantitative estimate of drug-likeness (QED) is 0.755. The molecule has 0 radical (unpaired) electrons. The number of benzene rings is 1. The Morgan fingerprint density at radius 1 is 1.19 bits per heavy atom. The highest BCUT2D eigenvalue weighted by Gasteiger charge is 2.18. The molecule has 3 N–H and O–H groups in total. The van der Waals surface area contributed by atoms with Crippen molar-refractivity contribution in [3.63, 3.8) is 0 Å². The first-order valence-electron chi connectivity index (χ1n) is 6.33. The molecule has 0 spiro atoms. The van der Waals surface area contributed by atoms with Crippen molar-refractivity contribution in [3.05, 3.63) is 29.0 Å². The number of nitrogen functional groups attached to an aromatic ring is 1. The van der Waals surface area contributed by atoms with Gasteiger partial charge in [0.05, 0.1) is 11.3 Å². The van der Waals surface area contributed by atoms with Crippen molar-refractivity contribution in [1.29, 1.82) is 0 Å². The molecule has 0 saturated carbocycles. The smallest absolute Gasteiger partial charge is 0.263 e. The first-order valence-corrected chi connectivity index (χ1v) is 7.11. The second kappa shape index (κ2) is 4.85. The monoisotopic (exact) mass is 302 g/mol. The number of aromatic hydroxyl groups is 1. The molecule has 0 amide bonds. The molecule has 0 aliphatic carbocycles. The van der Waals surface area contributed by atoms with E-state index in [0.717, 1.165) is 22.4 Å². The van der Waals surface area contributed by atoms with Crippen molar-refractivity contribution >= 4 is 16.5 Å². The van der Waals surface area contributed by atoms with E-state index in [1.807, 2.05) is 32.9 Å². The molecule has 0 aliphatic heterocycles. The number of rotatable bonds is 2. The molecule has 7 heteroatoms. The van der Waals surface area contributed by atoms with Crippen molar-refractivity contribution in [2.24, 2.45) is 0 Å². The molecule has 2 aromatic heterocycles. The highest BCUT2D eigenvalue weighted by Crippen LogP contribution is 2.33. The Kier molecular flexibility index (Phi) is 3.13. The Morgan fingerprint density at radius 3 is 2.43 bits per heavy atom. The average molecular weight is 302 g/mol. The molecular weight excluding hydrogens is 288 g/mol. The molecule has 21 heavy (non-hydrogen) atoms. The Balaban J connectivity index is 2.07. The maximum absolute atomic E-state index is 9.82. The third-order valence-corrected chi connectivity index (χ3v) is 4.04. The van der Waals surface area contributed by atoms with Crippen molar-refractivity contribution in [3.8, 4) is 28.6 Å². The van der Waals surface area contributed by atoms with Crippen LogP contribution in [0.15, 0.2) is 16.7 Å². The van der Waals surface area contributed by atoms with Gasteiger partial charge in [0, 0.05) is 5.56 Å². The number of phenolic OH excluding ortho intramolecular Hbond substituents is 1. The van der Waals surface area contributed by atoms with Gasteiger partial charge in [-0.2, -0.15) is 9.36 Å². The topological polar surface area (TPSA) is 98.1 Å². The molecular formula is C14H14N4O2S. The molecule has 3 aromatic rings. The number of anilines is 1. The fourth-order valence-electron chi connectivity index (χ4n) is 2.17. The van der Waals surface area contributed by atoms with Crippen molar-refractivity contribution in [1.82, 2.24) is 14.5 Å². The molecule has 0 saturated heterocycles. The van der Waals surface area contributed by atoms with Crippen LogP contribution in [-0.2, 0) is 0 Å². The number of nitrogens with two attached hydrogens (primary N) is 1. The third kappa shape index (κ3) is 2.25. The van der Waals surface area contributed by atoms with Crippen LogP contribution in [0.2, 0.25) is 0 Å². The predicted octanol–water partition coefficient (Wildman–Crippen LogP) is 3.07. The van der Waals surface area contributed by atoms with Crippen LogP contribution in [0.5, 0.6) is 5.75 Å². The van der Waals surface area contributed by atoms with Gasteiger partial charge in [0.2, 0.25) is 5.82 Å². The summed E-state index contributed by atoms with van der Waals surface area (Å²) in [5, 5.41) is 14.4. The average Bonchev–Trinajstić information content (AvgIpc) is 3.02. The second-order valence-electron chi connectivity index (χ2n) is 4.89. The van der Waals surface area contributed by atoms with E-state index in [9.17, 15) is 5.11 Å². The van der Waals surface area contributed by atoms with Crippen molar-refractivity contribution in [2.45, 2.75) is 20.8 Å². The zero-order chi connectivity index (χ0) is 15.1. The largest absolute Gasteiger partial charge is 0.507 e. The zero-order valence-corrected chi connectivity index (χ0v) is 12.7. The summed E-state index contributed by atoms with van der Waals surface area (Å²) in [6.45, 7) is 5.51. The third-order valence-electron chi connectivity index (χ3n) is 3.28. The van der Waals surface area contributed by atoms with Crippen LogP contribution >= 0.6 is 11.5 Å². The molecule has 3 rings (SSSR count). The van der Waals surface area contributed by atoms with E-state index in [0.29, 0.717) is 22.3 Å². The van der Waals surface area contributed by atoms with Gasteiger partial charge in [0.1, 0.15) is 10.8 Å². The minimum atomic E-state index is 0.282. The summed E-state index contributed by atoms with van der Waals surface area (Å²) in [7, 11) is 0.